The SMILES string of the molecule is CON(Cc1ccc(-c2noc(C(F)(F)Cl)n2)cc1)C(=O)C1CC1. The third-order valence-electron chi connectivity index (χ3n) is 3.60. The van der Waals surface area contributed by atoms with Gasteiger partial charge in [-0.2, -0.15) is 13.8 Å². The normalized spacial score (nSPS) is 14.7. The summed E-state index contributed by atoms with van der Waals surface area (Å²) < 4.78 is 30.2. The van der Waals surface area contributed by atoms with Crippen LogP contribution in [0.25, 0.3) is 11.4 Å². The molecule has 1 aromatic heterocycles. The standard InChI is InChI=1S/C15H14ClF2N3O3/c1-23-21(13(22)11-6-7-11)8-9-2-4-10(5-3-9)12-19-14(24-20-12)15(16,17)18/h2-5,11H,6-8H2,1H3. The number of aromatic nitrogens is 2. The molecule has 0 radical (unpaired) electrons. The molecule has 0 saturated heterocycles. The zero-order chi connectivity index (χ0) is 17.3. The van der Waals surface area contributed by atoms with Crippen molar-refractivity contribution in [2.75, 3.05) is 7.11 Å². The van der Waals surface area contributed by atoms with Crippen molar-refractivity contribution >= 4 is 17.5 Å². The lowest BCUT2D eigenvalue weighted by Gasteiger charge is -2.19. The van der Waals surface area contributed by atoms with E-state index in [4.69, 9.17) is 16.4 Å². The zero-order valence-corrected chi connectivity index (χ0v) is 13.5. The third kappa shape index (κ3) is 3.70. The number of alkyl halides is 3. The minimum Gasteiger partial charge on any atom is -0.331 e. The van der Waals surface area contributed by atoms with Crippen LogP contribution in [0.3, 0.4) is 0 Å². The molecule has 1 fully saturated rings. The van der Waals surface area contributed by atoms with E-state index in [-0.39, 0.29) is 17.6 Å². The van der Waals surface area contributed by atoms with Gasteiger partial charge in [0, 0.05) is 11.5 Å². The molecule has 0 bridgehead atoms. The number of hydroxylamine groups is 2. The molecule has 0 aliphatic heterocycles. The lowest BCUT2D eigenvalue weighted by molar-refractivity contribution is -0.180. The molecule has 0 atom stereocenters. The minimum atomic E-state index is -3.70. The Hall–Kier alpha value is -2.06. The smallest absolute Gasteiger partial charge is 0.331 e. The molecule has 2 aromatic rings. The van der Waals surface area contributed by atoms with Gasteiger partial charge in [0.1, 0.15) is 0 Å². The number of rotatable bonds is 6. The largest absolute Gasteiger partial charge is 0.400 e. The van der Waals surface area contributed by atoms with Crippen molar-refractivity contribution in [2.24, 2.45) is 5.92 Å². The van der Waals surface area contributed by atoms with Gasteiger partial charge in [0.05, 0.1) is 13.7 Å². The molecule has 0 N–H and O–H groups in total. The van der Waals surface area contributed by atoms with E-state index in [1.165, 1.54) is 12.2 Å². The van der Waals surface area contributed by atoms with Crippen LogP contribution in [0.2, 0.25) is 0 Å². The number of carbonyl (C=O) groups is 1. The van der Waals surface area contributed by atoms with Crippen LogP contribution in [0.1, 0.15) is 24.3 Å². The molecule has 1 saturated carbocycles. The van der Waals surface area contributed by atoms with Crippen LogP contribution in [-0.4, -0.2) is 28.2 Å². The first-order chi connectivity index (χ1) is 11.4. The summed E-state index contributed by atoms with van der Waals surface area (Å²) in [5.74, 6) is -0.925. The highest BCUT2D eigenvalue weighted by Gasteiger charge is 2.36. The fraction of sp³-hybridized carbons (Fsp3) is 0.400. The summed E-state index contributed by atoms with van der Waals surface area (Å²) in [6, 6.07) is 6.75. The molecule has 1 amide bonds. The lowest BCUT2D eigenvalue weighted by atomic mass is 10.1. The van der Waals surface area contributed by atoms with E-state index in [1.807, 2.05) is 0 Å². The van der Waals surface area contributed by atoms with Crippen molar-refractivity contribution in [3.05, 3.63) is 35.7 Å². The zero-order valence-electron chi connectivity index (χ0n) is 12.7. The Bertz CT molecular complexity index is 726. The van der Waals surface area contributed by atoms with Gasteiger partial charge in [-0.1, -0.05) is 29.4 Å². The monoisotopic (exact) mass is 357 g/mol. The Kier molecular flexibility index (Phi) is 4.51. The van der Waals surface area contributed by atoms with Gasteiger partial charge >= 0.3 is 11.3 Å². The van der Waals surface area contributed by atoms with Crippen LogP contribution in [0, 0.1) is 5.92 Å². The minimum absolute atomic E-state index is 0.00882. The summed E-state index contributed by atoms with van der Waals surface area (Å²) in [5, 5.41) is 1.09. The first-order valence-electron chi connectivity index (χ1n) is 7.24. The van der Waals surface area contributed by atoms with Gasteiger partial charge in [0.15, 0.2) is 0 Å². The van der Waals surface area contributed by atoms with Gasteiger partial charge in [-0.3, -0.25) is 9.63 Å². The van der Waals surface area contributed by atoms with Crippen molar-refractivity contribution in [1.82, 2.24) is 15.2 Å². The Balaban J connectivity index is 1.71. The van der Waals surface area contributed by atoms with Gasteiger partial charge in [-0.25, -0.2) is 5.06 Å². The van der Waals surface area contributed by atoms with Crippen molar-refractivity contribution in [3.63, 3.8) is 0 Å². The Morgan fingerprint density at radius 3 is 2.58 bits per heavy atom. The van der Waals surface area contributed by atoms with E-state index in [2.05, 4.69) is 14.7 Å². The van der Waals surface area contributed by atoms with Crippen molar-refractivity contribution in [3.8, 4) is 11.4 Å². The van der Waals surface area contributed by atoms with E-state index >= 15 is 0 Å². The summed E-state index contributed by atoms with van der Waals surface area (Å²) in [6.07, 6.45) is 1.78. The number of nitrogens with zero attached hydrogens (tertiary/aromatic N) is 3. The number of hydrogen-bond acceptors (Lipinski definition) is 5. The highest BCUT2D eigenvalue weighted by Crippen LogP contribution is 2.33. The molecule has 6 nitrogen and oxygen atoms in total. The summed E-state index contributed by atoms with van der Waals surface area (Å²) in [4.78, 5) is 20.7. The van der Waals surface area contributed by atoms with Gasteiger partial charge < -0.3 is 4.52 Å². The van der Waals surface area contributed by atoms with E-state index in [0.29, 0.717) is 12.1 Å². The number of halogens is 3. The van der Waals surface area contributed by atoms with E-state index < -0.39 is 11.3 Å². The van der Waals surface area contributed by atoms with E-state index in [9.17, 15) is 13.6 Å². The van der Waals surface area contributed by atoms with Crippen LogP contribution in [0.5, 0.6) is 0 Å². The molecule has 1 heterocycles. The molecule has 128 valence electrons. The van der Waals surface area contributed by atoms with Crippen molar-refractivity contribution in [1.29, 1.82) is 0 Å². The van der Waals surface area contributed by atoms with Gasteiger partial charge in [0.2, 0.25) is 11.7 Å². The van der Waals surface area contributed by atoms with Crippen LogP contribution >= 0.6 is 11.6 Å². The number of benzene rings is 1. The van der Waals surface area contributed by atoms with Crippen LogP contribution in [0.4, 0.5) is 8.78 Å². The summed E-state index contributed by atoms with van der Waals surface area (Å²) >= 11 is 4.84. The average Bonchev–Trinajstić information content (AvgIpc) is 3.27. The summed E-state index contributed by atoms with van der Waals surface area (Å²) in [7, 11) is 1.45. The molecule has 1 aliphatic carbocycles. The average molecular weight is 358 g/mol. The molecule has 9 heteroatoms. The molecule has 24 heavy (non-hydrogen) atoms. The second-order valence-electron chi connectivity index (χ2n) is 5.45. The summed E-state index contributed by atoms with van der Waals surface area (Å²) in [6.45, 7) is 0.295. The quantitative estimate of drug-likeness (QED) is 0.586. The highest BCUT2D eigenvalue weighted by molar-refractivity contribution is 6.21. The third-order valence-corrected chi connectivity index (χ3v) is 3.76. The first-order valence-corrected chi connectivity index (χ1v) is 7.62. The van der Waals surface area contributed by atoms with Gasteiger partial charge in [0.25, 0.3) is 0 Å². The number of amides is 1. The van der Waals surface area contributed by atoms with Crippen LogP contribution < -0.4 is 0 Å². The Labute approximate surface area is 141 Å². The number of carbonyl (C=O) groups excluding carboxylic acids is 1. The molecule has 1 aromatic carbocycles. The number of hydrogen-bond donors (Lipinski definition) is 0. The maximum Gasteiger partial charge on any atom is 0.400 e. The molecule has 3 rings (SSSR count). The predicted octanol–water partition coefficient (Wildman–Crippen LogP) is 3.32. The Morgan fingerprint density at radius 1 is 1.42 bits per heavy atom. The fourth-order valence-corrected chi connectivity index (χ4v) is 2.22. The maximum absolute atomic E-state index is 12.9. The molecular weight excluding hydrogens is 344 g/mol. The Morgan fingerprint density at radius 2 is 2.08 bits per heavy atom. The lowest BCUT2D eigenvalue weighted by Crippen LogP contribution is -2.30. The second-order valence-corrected chi connectivity index (χ2v) is 5.92. The van der Waals surface area contributed by atoms with Crippen molar-refractivity contribution < 1.29 is 22.9 Å². The predicted molar refractivity (Wildman–Crippen MR) is 79.8 cm³/mol. The van der Waals surface area contributed by atoms with E-state index in [1.54, 1.807) is 24.3 Å². The molecule has 1 aliphatic rings. The molecule has 0 unspecified atom stereocenters. The topological polar surface area (TPSA) is 68.5 Å². The summed E-state index contributed by atoms with van der Waals surface area (Å²) in [5.41, 5.74) is 1.31. The van der Waals surface area contributed by atoms with Gasteiger partial charge in [-0.05, 0) is 30.0 Å². The van der Waals surface area contributed by atoms with Crippen LogP contribution in [0.15, 0.2) is 28.8 Å². The van der Waals surface area contributed by atoms with Gasteiger partial charge in [-0.15, -0.1) is 0 Å². The van der Waals surface area contributed by atoms with E-state index in [0.717, 1.165) is 18.4 Å². The maximum atomic E-state index is 12.9. The first kappa shape index (κ1) is 16.8. The van der Waals surface area contributed by atoms with Crippen molar-refractivity contribution in [2.45, 2.75) is 24.8 Å². The molecule has 0 spiro atoms. The highest BCUT2D eigenvalue weighted by atomic mass is 35.5. The fourth-order valence-electron chi connectivity index (χ4n) is 2.15. The van der Waals surface area contributed by atoms with Crippen LogP contribution in [-0.2, 0) is 21.6 Å². The second kappa shape index (κ2) is 6.45. The molecular formula is C15H14ClF2N3O3.